The number of imidazole rings is 1. The molecule has 16 nitrogen and oxygen atoms in total. The maximum atomic E-state index is 15.9. The lowest BCUT2D eigenvalue weighted by Crippen LogP contribution is -2.20. The first-order chi connectivity index (χ1) is 27.4. The van der Waals surface area contributed by atoms with E-state index in [1.54, 1.807) is 51.2 Å². The molecule has 57 heavy (non-hydrogen) atoms. The summed E-state index contributed by atoms with van der Waals surface area (Å²) < 4.78 is 28.9. The van der Waals surface area contributed by atoms with Gasteiger partial charge >= 0.3 is 0 Å². The van der Waals surface area contributed by atoms with Crippen LogP contribution >= 0.6 is 0 Å². The first-order valence-corrected chi connectivity index (χ1v) is 18.5. The molecule has 0 radical (unpaired) electrons. The number of rotatable bonds is 15. The monoisotopic (exact) mass is 775 g/mol. The average molecular weight is 776 g/mol. The molecule has 2 aromatic carbocycles. The molecule has 0 saturated heterocycles. The van der Waals surface area contributed by atoms with Crippen molar-refractivity contribution in [1.82, 2.24) is 38.7 Å². The summed E-state index contributed by atoms with van der Waals surface area (Å²) >= 11 is 0. The van der Waals surface area contributed by atoms with Crippen molar-refractivity contribution in [2.45, 2.75) is 60.3 Å². The lowest BCUT2D eigenvalue weighted by molar-refractivity contribution is 0.0992. The van der Waals surface area contributed by atoms with E-state index in [9.17, 15) is 19.5 Å². The van der Waals surface area contributed by atoms with Crippen LogP contribution in [0.5, 0.6) is 5.75 Å². The Morgan fingerprint density at radius 2 is 1.56 bits per heavy atom. The third-order valence-corrected chi connectivity index (χ3v) is 9.57. The predicted octanol–water partition coefficient (Wildman–Crippen LogP) is 4.86. The Morgan fingerprint density at radius 3 is 2.26 bits per heavy atom. The largest absolute Gasteiger partial charge is 0.491 e. The number of pyridine rings is 1. The van der Waals surface area contributed by atoms with E-state index in [4.69, 9.17) is 26.2 Å². The molecule has 0 fully saturated rings. The van der Waals surface area contributed by atoms with Gasteiger partial charge in [-0.25, -0.2) is 14.4 Å². The Labute approximate surface area is 325 Å². The fourth-order valence-corrected chi connectivity index (χ4v) is 6.98. The van der Waals surface area contributed by atoms with Gasteiger partial charge in [0.25, 0.3) is 5.91 Å². The molecule has 6 N–H and O–H groups in total. The van der Waals surface area contributed by atoms with Crippen molar-refractivity contribution in [2.75, 3.05) is 18.5 Å². The first kappa shape index (κ1) is 38.4. The number of aromatic nitrogens is 8. The van der Waals surface area contributed by atoms with Gasteiger partial charge in [0.15, 0.2) is 5.82 Å². The summed E-state index contributed by atoms with van der Waals surface area (Å²) in [7, 11) is 0. The van der Waals surface area contributed by atoms with E-state index in [-0.39, 0.29) is 49.1 Å². The molecule has 5 heterocycles. The summed E-state index contributed by atoms with van der Waals surface area (Å²) in [6.45, 7) is 8.90. The second-order valence-electron chi connectivity index (χ2n) is 13.5. The number of nitrogens with one attached hydrogen (secondary N) is 1. The minimum absolute atomic E-state index is 0.107. The third-order valence-electron chi connectivity index (χ3n) is 9.57. The number of aryl methyl sites for hydroxylation is 4. The Hall–Kier alpha value is -6.88. The molecule has 7 rings (SSSR count). The number of nitrogens with two attached hydrogens (primary N) is 2. The number of amides is 3. The second-order valence-corrected chi connectivity index (χ2v) is 13.5. The number of anilines is 1. The molecule has 5 aromatic heterocycles. The van der Waals surface area contributed by atoms with E-state index in [1.165, 1.54) is 18.2 Å². The molecule has 17 heteroatoms. The van der Waals surface area contributed by atoms with Crippen LogP contribution < -0.4 is 21.5 Å². The van der Waals surface area contributed by atoms with E-state index < -0.39 is 23.5 Å². The Morgan fingerprint density at radius 1 is 0.860 bits per heavy atom. The molecule has 7 aromatic rings. The molecule has 0 unspecified atom stereocenters. The lowest BCUT2D eigenvalue weighted by Gasteiger charge is -2.13. The average Bonchev–Trinajstić information content (AvgIpc) is 3.94. The molecule has 0 aliphatic heterocycles. The molecule has 0 spiro atoms. The van der Waals surface area contributed by atoms with Crippen LogP contribution in [0.1, 0.15) is 62.9 Å². The fourth-order valence-electron chi connectivity index (χ4n) is 6.98. The number of nitrogens with zero attached hydrogens (tertiary/aromatic N) is 8. The van der Waals surface area contributed by atoms with E-state index in [2.05, 4.69) is 15.5 Å². The predicted molar refractivity (Wildman–Crippen MR) is 213 cm³/mol. The molecule has 0 saturated carbocycles. The zero-order valence-corrected chi connectivity index (χ0v) is 31.9. The highest BCUT2D eigenvalue weighted by atomic mass is 19.1. The van der Waals surface area contributed by atoms with Gasteiger partial charge in [0.1, 0.15) is 28.3 Å². The second kappa shape index (κ2) is 15.7. The number of allylic oxidation sites excluding steroid dienone is 2. The third kappa shape index (κ3) is 7.31. The Kier molecular flexibility index (Phi) is 10.6. The number of halogens is 1. The van der Waals surface area contributed by atoms with Gasteiger partial charge in [-0.3, -0.25) is 29.1 Å². The zero-order chi connectivity index (χ0) is 40.5. The van der Waals surface area contributed by atoms with Gasteiger partial charge in [-0.1, -0.05) is 12.2 Å². The molecule has 3 amide bonds. The Bertz CT molecular complexity index is 2740. The van der Waals surface area contributed by atoms with Gasteiger partial charge in [-0.2, -0.15) is 10.2 Å². The van der Waals surface area contributed by atoms with E-state index in [0.717, 1.165) is 5.69 Å². The van der Waals surface area contributed by atoms with Crippen LogP contribution in [0.15, 0.2) is 60.7 Å². The van der Waals surface area contributed by atoms with E-state index in [0.29, 0.717) is 75.3 Å². The maximum absolute atomic E-state index is 15.9. The van der Waals surface area contributed by atoms with Crippen molar-refractivity contribution in [2.24, 2.45) is 11.5 Å². The van der Waals surface area contributed by atoms with Crippen LogP contribution in [-0.2, 0) is 26.2 Å². The molecule has 0 aliphatic rings. The van der Waals surface area contributed by atoms with Gasteiger partial charge < -0.3 is 30.4 Å². The summed E-state index contributed by atoms with van der Waals surface area (Å²) in [6.07, 6.45) is 4.09. The van der Waals surface area contributed by atoms with Crippen molar-refractivity contribution in [3.63, 3.8) is 0 Å². The summed E-state index contributed by atoms with van der Waals surface area (Å²) in [5.74, 6) is -1.81. The highest BCUT2D eigenvalue weighted by Gasteiger charge is 2.23. The van der Waals surface area contributed by atoms with Gasteiger partial charge in [0.05, 0.1) is 34.7 Å². The number of primary amides is 2. The molecule has 0 atom stereocenters. The normalized spacial score (nSPS) is 11.8. The number of hydrogen-bond donors (Lipinski definition) is 4. The van der Waals surface area contributed by atoms with Crippen molar-refractivity contribution in [1.29, 1.82) is 0 Å². The molecule has 0 bridgehead atoms. The number of carbonyl (C=O) groups excluding carboxylic acids is 3. The van der Waals surface area contributed by atoms with Crippen LogP contribution in [0.4, 0.5) is 10.3 Å². The van der Waals surface area contributed by atoms with E-state index >= 15 is 4.39 Å². The number of ether oxygens (including phenoxy) is 1. The van der Waals surface area contributed by atoms with Crippen molar-refractivity contribution in [3.8, 4) is 17.1 Å². The van der Waals surface area contributed by atoms with Crippen LogP contribution in [0.3, 0.4) is 0 Å². The Balaban J connectivity index is 1.32. The summed E-state index contributed by atoms with van der Waals surface area (Å²) in [6, 6.07) is 12.9. The minimum atomic E-state index is -0.689. The molecular formula is C40H42FN11O5. The maximum Gasteiger partial charge on any atom is 0.276 e. The fraction of sp³-hybridized carbons (Fsp3) is 0.275. The lowest BCUT2D eigenvalue weighted by atomic mass is 10.1. The van der Waals surface area contributed by atoms with Gasteiger partial charge in [-0.15, -0.1) is 0 Å². The molecule has 0 aliphatic carbocycles. The highest BCUT2D eigenvalue weighted by Crippen LogP contribution is 2.34. The molecule has 294 valence electrons. The molecular weight excluding hydrogens is 734 g/mol. The van der Waals surface area contributed by atoms with Gasteiger partial charge in [-0.05, 0) is 76.2 Å². The van der Waals surface area contributed by atoms with Crippen molar-refractivity contribution in [3.05, 3.63) is 94.7 Å². The topological polar surface area (TPSA) is 216 Å². The van der Waals surface area contributed by atoms with Crippen molar-refractivity contribution >= 4 is 56.6 Å². The van der Waals surface area contributed by atoms with Gasteiger partial charge in [0, 0.05) is 61.1 Å². The quantitative estimate of drug-likeness (QED) is 0.0825. The number of hydrogen-bond acceptors (Lipinski definition) is 9. The van der Waals surface area contributed by atoms with Crippen LogP contribution in [0.25, 0.3) is 44.4 Å². The van der Waals surface area contributed by atoms with E-state index in [1.807, 2.05) is 37.5 Å². The minimum Gasteiger partial charge on any atom is -0.491 e. The number of carbonyl (C=O) groups is 3. The van der Waals surface area contributed by atoms with Crippen molar-refractivity contribution < 1.29 is 28.6 Å². The SMILES string of the molecule is CCn1nc(C)cc1C(=O)Nc1nc2cc(C(N)=O)cc(OCCCO)c2n1CC=CCn1c2ccc(C(N)=O)cc2c2cc(F)c(-c3cc(C)nn3CC)nc21. The summed E-state index contributed by atoms with van der Waals surface area (Å²) in [5, 5.41) is 22.3. The van der Waals surface area contributed by atoms with Gasteiger partial charge in [0.2, 0.25) is 17.8 Å². The summed E-state index contributed by atoms with van der Waals surface area (Å²) in [5.41, 5.74) is 16.2. The number of aliphatic hydroxyl groups is 1. The van der Waals surface area contributed by atoms with Crippen LogP contribution in [0.2, 0.25) is 0 Å². The standard InChI is InChI=1S/C40H42FN11O5/c1-5-51-31(16-22(3)47-51)34-28(41)21-27-26-18-24(36(42)54)10-11-30(26)49(38(27)45-34)12-7-8-13-50-35-29(19-25(37(43)55)20-33(35)57-15-9-14-53)44-40(50)46-39(56)32-17-23(4)48-52(32)6-2/h7-8,10-11,16-21,53H,5-6,9,12-15H2,1-4H3,(H2,42,54)(H2,43,55)(H,44,46,56). The number of fused-ring (bicyclic) bond motifs is 4. The summed E-state index contributed by atoms with van der Waals surface area (Å²) in [4.78, 5) is 47.7. The highest BCUT2D eigenvalue weighted by molar-refractivity contribution is 6.10. The van der Waals surface area contributed by atoms with Crippen LogP contribution in [0, 0.1) is 19.7 Å². The zero-order valence-electron chi connectivity index (χ0n) is 31.9. The number of aliphatic hydroxyl groups excluding tert-OH is 1. The van der Waals surface area contributed by atoms with Crippen LogP contribution in [-0.4, -0.2) is 74.7 Å². The number of benzene rings is 2. The first-order valence-electron chi connectivity index (χ1n) is 18.5. The smallest absolute Gasteiger partial charge is 0.276 e.